The van der Waals surface area contributed by atoms with Crippen molar-refractivity contribution in [3.8, 4) is 22.8 Å². The third-order valence-electron chi connectivity index (χ3n) is 6.80. The van der Waals surface area contributed by atoms with Crippen molar-refractivity contribution in [3.05, 3.63) is 90.3 Å². The van der Waals surface area contributed by atoms with Gasteiger partial charge in [0.1, 0.15) is 12.1 Å². The maximum Gasteiger partial charge on any atom is 0.573 e. The predicted molar refractivity (Wildman–Crippen MR) is 163 cm³/mol. The molecule has 3 amide bonds. The van der Waals surface area contributed by atoms with Gasteiger partial charge in [-0.2, -0.15) is 4.99 Å². The van der Waals surface area contributed by atoms with Crippen molar-refractivity contribution in [3.63, 3.8) is 0 Å². The lowest BCUT2D eigenvalue weighted by atomic mass is 10.00. The van der Waals surface area contributed by atoms with Gasteiger partial charge >= 0.3 is 12.4 Å². The molecule has 1 atom stereocenters. The molecule has 0 radical (unpaired) electrons. The van der Waals surface area contributed by atoms with Crippen LogP contribution < -0.4 is 15.0 Å². The summed E-state index contributed by atoms with van der Waals surface area (Å²) in [6, 6.07) is 20.2. The number of amidine groups is 1. The van der Waals surface area contributed by atoms with E-state index in [0.29, 0.717) is 29.6 Å². The number of aryl methyl sites for hydroxylation is 1. The van der Waals surface area contributed by atoms with Crippen molar-refractivity contribution in [2.45, 2.75) is 33.1 Å². The molecule has 1 fully saturated rings. The van der Waals surface area contributed by atoms with Crippen molar-refractivity contribution in [2.24, 2.45) is 10.9 Å². The van der Waals surface area contributed by atoms with Crippen LogP contribution in [0, 0.1) is 5.92 Å². The number of urea groups is 1. The summed E-state index contributed by atoms with van der Waals surface area (Å²) in [5, 5.41) is 7.66. The first kappa shape index (κ1) is 30.8. The van der Waals surface area contributed by atoms with Crippen molar-refractivity contribution in [1.82, 2.24) is 20.1 Å². The van der Waals surface area contributed by atoms with Crippen LogP contribution in [-0.2, 0) is 17.6 Å². The number of nitrogens with zero attached hydrogens (tertiary/aromatic N) is 5. The number of para-hydroxylation sites is 1. The van der Waals surface area contributed by atoms with E-state index in [2.05, 4.69) is 25.1 Å². The zero-order valence-electron chi connectivity index (χ0n) is 23.9. The number of anilines is 1. The molecule has 1 N–H and O–H groups in total. The van der Waals surface area contributed by atoms with Crippen molar-refractivity contribution < 1.29 is 27.5 Å². The number of carbonyl (C=O) groups excluding carboxylic acids is 2. The number of thioether (sulfide) groups is 1. The minimum Gasteiger partial charge on any atom is -0.406 e. The summed E-state index contributed by atoms with van der Waals surface area (Å²) in [5.41, 5.74) is 4.13. The van der Waals surface area contributed by atoms with E-state index in [9.17, 15) is 22.8 Å². The Morgan fingerprint density at radius 2 is 1.82 bits per heavy atom. The highest BCUT2D eigenvalue weighted by atomic mass is 32.2. The van der Waals surface area contributed by atoms with Gasteiger partial charge in [0, 0.05) is 12.1 Å². The van der Waals surface area contributed by atoms with Gasteiger partial charge in [-0.15, -0.1) is 18.3 Å². The molecule has 228 valence electrons. The highest BCUT2D eigenvalue weighted by molar-refractivity contribution is 8.15. The molecule has 1 saturated heterocycles. The molecule has 0 spiro atoms. The second kappa shape index (κ2) is 13.3. The molecular formula is C31H29F3N6O3S. The van der Waals surface area contributed by atoms with Crippen LogP contribution in [0.25, 0.3) is 17.1 Å². The monoisotopic (exact) mass is 622 g/mol. The van der Waals surface area contributed by atoms with E-state index in [-0.39, 0.29) is 23.3 Å². The average molecular weight is 623 g/mol. The van der Waals surface area contributed by atoms with E-state index < -0.39 is 12.4 Å². The van der Waals surface area contributed by atoms with Crippen LogP contribution >= 0.6 is 11.8 Å². The number of halogens is 3. The first-order valence-corrected chi connectivity index (χ1v) is 14.9. The number of alkyl halides is 3. The second-order valence-electron chi connectivity index (χ2n) is 10.1. The second-order valence-corrected chi connectivity index (χ2v) is 11.1. The Balaban J connectivity index is 1.15. The summed E-state index contributed by atoms with van der Waals surface area (Å²) in [7, 11) is 0. The van der Waals surface area contributed by atoms with Gasteiger partial charge in [-0.1, -0.05) is 68.1 Å². The lowest BCUT2D eigenvalue weighted by Crippen LogP contribution is -2.33. The van der Waals surface area contributed by atoms with Gasteiger partial charge in [0.05, 0.1) is 17.1 Å². The highest BCUT2D eigenvalue weighted by Gasteiger charge is 2.32. The number of hydrogen-bond donors (Lipinski definition) is 1. The largest absolute Gasteiger partial charge is 0.573 e. The quantitative estimate of drug-likeness (QED) is 0.231. The molecule has 2 heterocycles. The van der Waals surface area contributed by atoms with E-state index in [0.717, 1.165) is 28.8 Å². The van der Waals surface area contributed by atoms with Gasteiger partial charge in [-0.05, 0) is 60.2 Å². The number of rotatable bonds is 9. The molecule has 0 aliphatic carbocycles. The molecule has 9 nitrogen and oxygen atoms in total. The predicted octanol–water partition coefficient (Wildman–Crippen LogP) is 6.42. The average Bonchev–Trinajstić information content (AvgIpc) is 3.63. The first-order valence-electron chi connectivity index (χ1n) is 13.9. The fourth-order valence-electron chi connectivity index (χ4n) is 4.68. The van der Waals surface area contributed by atoms with Crippen LogP contribution in [0.3, 0.4) is 0 Å². The standard InChI is InChI=1S/C31H29F3N6O3S/c1-3-22-6-4-5-7-26(22)40-27(41)18-44-30(40)37-29(42)35-17-20(2)16-21-8-10-23(11-9-21)28-36-19-39(38-28)24-12-14-25(15-13-24)43-31(32,33)34/h4-15,19-20H,3,16-18H2,1-2H3,(H,35,42)/b37-30-. The van der Waals surface area contributed by atoms with E-state index in [1.807, 2.05) is 62.4 Å². The Bertz CT molecular complexity index is 1660. The van der Waals surface area contributed by atoms with E-state index in [1.165, 1.54) is 51.9 Å². The number of aliphatic imine (C=N–C) groups is 1. The summed E-state index contributed by atoms with van der Waals surface area (Å²) in [4.78, 5) is 35.3. The van der Waals surface area contributed by atoms with Crippen molar-refractivity contribution in [1.29, 1.82) is 0 Å². The summed E-state index contributed by atoms with van der Waals surface area (Å²) < 4.78 is 42.6. The van der Waals surface area contributed by atoms with Gasteiger partial charge < -0.3 is 10.1 Å². The number of ether oxygens (including phenoxy) is 1. The molecule has 44 heavy (non-hydrogen) atoms. The van der Waals surface area contributed by atoms with Crippen LogP contribution in [0.4, 0.5) is 23.7 Å². The molecule has 5 rings (SSSR count). The smallest absolute Gasteiger partial charge is 0.406 e. The Labute approximate surface area is 256 Å². The Hall–Kier alpha value is -4.65. The topological polar surface area (TPSA) is 102 Å². The van der Waals surface area contributed by atoms with Crippen molar-refractivity contribution in [2.75, 3.05) is 17.2 Å². The summed E-state index contributed by atoms with van der Waals surface area (Å²) >= 11 is 1.25. The van der Waals surface area contributed by atoms with Crippen LogP contribution in [0.15, 0.2) is 84.1 Å². The lowest BCUT2D eigenvalue weighted by Gasteiger charge is -2.19. The maximum atomic E-state index is 12.7. The molecular weight excluding hydrogens is 593 g/mol. The minimum atomic E-state index is -4.75. The normalized spacial score (nSPS) is 15.1. The van der Waals surface area contributed by atoms with Gasteiger partial charge in [0.15, 0.2) is 11.0 Å². The highest BCUT2D eigenvalue weighted by Crippen LogP contribution is 2.30. The number of aromatic nitrogens is 3. The third kappa shape index (κ3) is 7.64. The fraction of sp³-hybridized carbons (Fsp3) is 0.258. The van der Waals surface area contributed by atoms with Crippen LogP contribution in [0.5, 0.6) is 5.75 Å². The third-order valence-corrected chi connectivity index (χ3v) is 7.72. The Kier molecular flexibility index (Phi) is 9.33. The van der Waals surface area contributed by atoms with E-state index >= 15 is 0 Å². The van der Waals surface area contributed by atoms with Gasteiger partial charge in [-0.25, -0.2) is 14.5 Å². The lowest BCUT2D eigenvalue weighted by molar-refractivity contribution is -0.274. The Morgan fingerprint density at radius 1 is 1.09 bits per heavy atom. The molecule has 1 aliphatic heterocycles. The molecule has 1 aliphatic rings. The zero-order valence-corrected chi connectivity index (χ0v) is 24.7. The van der Waals surface area contributed by atoms with Crippen LogP contribution in [-0.4, -0.2) is 50.5 Å². The summed E-state index contributed by atoms with van der Waals surface area (Å²) in [6.07, 6.45) is -1.81. The van der Waals surface area contributed by atoms with Gasteiger partial charge in [0.25, 0.3) is 0 Å². The van der Waals surface area contributed by atoms with Gasteiger partial charge in [0.2, 0.25) is 5.91 Å². The molecule has 0 bridgehead atoms. The molecule has 4 aromatic rings. The number of carbonyl (C=O) groups is 2. The molecule has 1 unspecified atom stereocenters. The number of amides is 3. The minimum absolute atomic E-state index is 0.102. The summed E-state index contributed by atoms with van der Waals surface area (Å²) in [5.74, 6) is 0.394. The van der Waals surface area contributed by atoms with Crippen LogP contribution in [0.2, 0.25) is 0 Å². The van der Waals surface area contributed by atoms with E-state index in [1.54, 1.807) is 0 Å². The van der Waals surface area contributed by atoms with E-state index in [4.69, 9.17) is 0 Å². The number of nitrogens with one attached hydrogen (secondary N) is 1. The fourth-order valence-corrected chi connectivity index (χ4v) is 5.54. The molecule has 0 saturated carbocycles. The zero-order chi connectivity index (χ0) is 31.3. The SMILES string of the molecule is CCc1ccccc1N1C(=O)CS/C1=N\C(=O)NCC(C)Cc1ccc(-c2ncn(-c3ccc(OC(F)(F)F)cc3)n2)cc1. The van der Waals surface area contributed by atoms with Crippen molar-refractivity contribution >= 4 is 34.6 Å². The molecule has 3 aromatic carbocycles. The molecule has 1 aromatic heterocycles. The number of hydrogen-bond acceptors (Lipinski definition) is 6. The Morgan fingerprint density at radius 3 is 2.52 bits per heavy atom. The molecule has 13 heteroatoms. The first-order chi connectivity index (χ1) is 21.1. The maximum absolute atomic E-state index is 12.7. The number of benzene rings is 3. The van der Waals surface area contributed by atoms with Crippen LogP contribution in [0.1, 0.15) is 25.0 Å². The summed E-state index contributed by atoms with van der Waals surface area (Å²) in [6.45, 7) is 4.44. The van der Waals surface area contributed by atoms with Gasteiger partial charge in [-0.3, -0.25) is 9.69 Å².